The summed E-state index contributed by atoms with van der Waals surface area (Å²) in [6, 6.07) is 4.54. The molecule has 1 atom stereocenters. The highest BCUT2D eigenvalue weighted by atomic mass is 16.3. The van der Waals surface area contributed by atoms with Crippen LogP contribution in [-0.2, 0) is 0 Å². The minimum atomic E-state index is -0.628. The Morgan fingerprint density at radius 1 is 1.60 bits per heavy atom. The summed E-state index contributed by atoms with van der Waals surface area (Å²) in [5.74, 6) is -0.693. The molecule has 5 heteroatoms. The number of aromatic hydroxyl groups is 1. The van der Waals surface area contributed by atoms with E-state index in [1.165, 1.54) is 12.1 Å². The molecule has 0 radical (unpaired) electrons. The molecule has 0 aliphatic carbocycles. The van der Waals surface area contributed by atoms with Crippen molar-refractivity contribution >= 4 is 11.6 Å². The van der Waals surface area contributed by atoms with Crippen LogP contribution in [0.2, 0.25) is 0 Å². The molecule has 0 saturated carbocycles. The number of nitrogen functional groups attached to an aromatic ring is 1. The first-order valence-electron chi connectivity index (χ1n) is 4.56. The molecule has 15 heavy (non-hydrogen) atoms. The van der Waals surface area contributed by atoms with Gasteiger partial charge in [0, 0.05) is 6.54 Å². The Balaban J connectivity index is 2.78. The third kappa shape index (κ3) is 2.85. The van der Waals surface area contributed by atoms with Crippen molar-refractivity contribution in [3.8, 4) is 5.75 Å². The molecule has 0 unspecified atom stereocenters. The van der Waals surface area contributed by atoms with Crippen LogP contribution in [0.4, 0.5) is 5.69 Å². The summed E-state index contributed by atoms with van der Waals surface area (Å²) in [6.07, 6.45) is -0.628. The fraction of sp³-hybridized carbons (Fsp3) is 0.300. The molecule has 1 aromatic rings. The van der Waals surface area contributed by atoms with Crippen LogP contribution in [0.15, 0.2) is 18.2 Å². The number of rotatable bonds is 3. The Kier molecular flexibility index (Phi) is 3.51. The lowest BCUT2D eigenvalue weighted by Crippen LogP contribution is -2.30. The SMILES string of the molecule is C[C@@H](O)CNC(=O)c1cccc(N)c1O. The maximum absolute atomic E-state index is 11.5. The summed E-state index contributed by atoms with van der Waals surface area (Å²) in [5, 5.41) is 20.9. The van der Waals surface area contributed by atoms with E-state index in [4.69, 9.17) is 10.8 Å². The van der Waals surface area contributed by atoms with E-state index < -0.39 is 12.0 Å². The van der Waals surface area contributed by atoms with E-state index in [0.717, 1.165) is 0 Å². The van der Waals surface area contributed by atoms with E-state index in [9.17, 15) is 9.90 Å². The monoisotopic (exact) mass is 210 g/mol. The minimum absolute atomic E-state index is 0.107. The van der Waals surface area contributed by atoms with Gasteiger partial charge in [0.2, 0.25) is 0 Å². The first kappa shape index (κ1) is 11.3. The van der Waals surface area contributed by atoms with Crippen LogP contribution in [0.3, 0.4) is 0 Å². The lowest BCUT2D eigenvalue weighted by Gasteiger charge is -2.09. The molecule has 0 aromatic heterocycles. The standard InChI is InChI=1S/C10H14N2O3/c1-6(13)5-12-10(15)7-3-2-4-8(11)9(7)14/h2-4,6,13-14H,5,11H2,1H3,(H,12,15)/t6-/m1/s1. The molecule has 82 valence electrons. The smallest absolute Gasteiger partial charge is 0.255 e. The fourth-order valence-electron chi connectivity index (χ4n) is 1.08. The topological polar surface area (TPSA) is 95.6 Å². The molecule has 1 amide bonds. The molecule has 5 N–H and O–H groups in total. The number of aliphatic hydroxyl groups is 1. The summed E-state index contributed by atoms with van der Waals surface area (Å²) < 4.78 is 0. The van der Waals surface area contributed by atoms with Gasteiger partial charge in [-0.3, -0.25) is 4.79 Å². The van der Waals surface area contributed by atoms with Crippen LogP contribution >= 0.6 is 0 Å². The second-order valence-corrected chi connectivity index (χ2v) is 3.30. The van der Waals surface area contributed by atoms with Gasteiger partial charge in [0.05, 0.1) is 17.4 Å². The average molecular weight is 210 g/mol. The number of aliphatic hydroxyl groups excluding tert-OH is 1. The van der Waals surface area contributed by atoms with Crippen molar-refractivity contribution in [1.29, 1.82) is 0 Å². The zero-order valence-corrected chi connectivity index (χ0v) is 8.40. The summed E-state index contributed by atoms with van der Waals surface area (Å²) in [5.41, 5.74) is 5.69. The molecule has 0 bridgehead atoms. The number of hydrogen-bond acceptors (Lipinski definition) is 4. The molecule has 1 rings (SSSR count). The maximum atomic E-state index is 11.5. The lowest BCUT2D eigenvalue weighted by atomic mass is 10.1. The fourth-order valence-corrected chi connectivity index (χ4v) is 1.08. The molecule has 0 fully saturated rings. The van der Waals surface area contributed by atoms with Crippen molar-refractivity contribution in [2.45, 2.75) is 13.0 Å². The Morgan fingerprint density at radius 2 is 2.27 bits per heavy atom. The van der Waals surface area contributed by atoms with Crippen molar-refractivity contribution in [3.63, 3.8) is 0 Å². The van der Waals surface area contributed by atoms with Crippen molar-refractivity contribution in [2.75, 3.05) is 12.3 Å². The number of para-hydroxylation sites is 1. The predicted octanol–water partition coefficient (Wildman–Crippen LogP) is 0.0850. The predicted molar refractivity (Wildman–Crippen MR) is 56.5 cm³/mol. The Hall–Kier alpha value is -1.75. The van der Waals surface area contributed by atoms with Crippen molar-refractivity contribution in [3.05, 3.63) is 23.8 Å². The number of phenolic OH excluding ortho intramolecular Hbond substituents is 1. The van der Waals surface area contributed by atoms with E-state index in [0.29, 0.717) is 0 Å². The van der Waals surface area contributed by atoms with Gasteiger partial charge in [-0.15, -0.1) is 0 Å². The van der Waals surface area contributed by atoms with Gasteiger partial charge < -0.3 is 21.3 Å². The van der Waals surface area contributed by atoms with E-state index >= 15 is 0 Å². The molecular formula is C10H14N2O3. The molecular weight excluding hydrogens is 196 g/mol. The van der Waals surface area contributed by atoms with Crippen LogP contribution in [0.5, 0.6) is 5.75 Å². The van der Waals surface area contributed by atoms with Crippen molar-refractivity contribution < 1.29 is 15.0 Å². The molecule has 0 saturated heterocycles. The van der Waals surface area contributed by atoms with Crippen LogP contribution in [0.1, 0.15) is 17.3 Å². The van der Waals surface area contributed by atoms with Gasteiger partial charge >= 0.3 is 0 Å². The molecule has 0 heterocycles. The second-order valence-electron chi connectivity index (χ2n) is 3.30. The largest absolute Gasteiger partial charge is 0.505 e. The summed E-state index contributed by atoms with van der Waals surface area (Å²) >= 11 is 0. The third-order valence-corrected chi connectivity index (χ3v) is 1.87. The summed E-state index contributed by atoms with van der Waals surface area (Å²) in [4.78, 5) is 11.5. The van der Waals surface area contributed by atoms with Gasteiger partial charge in [0.1, 0.15) is 0 Å². The molecule has 5 nitrogen and oxygen atoms in total. The minimum Gasteiger partial charge on any atom is -0.505 e. The van der Waals surface area contributed by atoms with Gasteiger partial charge in [0.25, 0.3) is 5.91 Å². The van der Waals surface area contributed by atoms with Crippen LogP contribution < -0.4 is 11.1 Å². The molecule has 0 aliphatic heterocycles. The summed E-state index contributed by atoms with van der Waals surface area (Å²) in [6.45, 7) is 1.69. The van der Waals surface area contributed by atoms with Crippen molar-refractivity contribution in [1.82, 2.24) is 5.32 Å². The van der Waals surface area contributed by atoms with E-state index in [1.807, 2.05) is 0 Å². The molecule has 0 aliphatic rings. The van der Waals surface area contributed by atoms with E-state index in [2.05, 4.69) is 5.32 Å². The summed E-state index contributed by atoms with van der Waals surface area (Å²) in [7, 11) is 0. The second kappa shape index (κ2) is 4.65. The molecule has 1 aromatic carbocycles. The van der Waals surface area contributed by atoms with E-state index in [1.54, 1.807) is 13.0 Å². The number of phenols is 1. The first-order chi connectivity index (χ1) is 7.02. The van der Waals surface area contributed by atoms with Gasteiger partial charge in [-0.05, 0) is 19.1 Å². The van der Waals surface area contributed by atoms with Crippen LogP contribution in [0.25, 0.3) is 0 Å². The number of hydrogen-bond donors (Lipinski definition) is 4. The third-order valence-electron chi connectivity index (χ3n) is 1.87. The number of amides is 1. The maximum Gasteiger partial charge on any atom is 0.255 e. The number of benzene rings is 1. The van der Waals surface area contributed by atoms with Gasteiger partial charge in [-0.1, -0.05) is 6.07 Å². The van der Waals surface area contributed by atoms with Gasteiger partial charge in [0.15, 0.2) is 5.75 Å². The van der Waals surface area contributed by atoms with Crippen molar-refractivity contribution in [2.24, 2.45) is 0 Å². The lowest BCUT2D eigenvalue weighted by molar-refractivity contribution is 0.0921. The normalized spacial score (nSPS) is 12.1. The van der Waals surface area contributed by atoms with Gasteiger partial charge in [-0.25, -0.2) is 0 Å². The number of carbonyl (C=O) groups excluding carboxylic acids is 1. The van der Waals surface area contributed by atoms with Gasteiger partial charge in [-0.2, -0.15) is 0 Å². The number of nitrogens with two attached hydrogens (primary N) is 1. The zero-order chi connectivity index (χ0) is 11.4. The Morgan fingerprint density at radius 3 is 2.87 bits per heavy atom. The highest BCUT2D eigenvalue weighted by Crippen LogP contribution is 2.23. The van der Waals surface area contributed by atoms with Crippen LogP contribution in [-0.4, -0.2) is 28.8 Å². The Labute approximate surface area is 87.5 Å². The number of nitrogens with one attached hydrogen (secondary N) is 1. The number of anilines is 1. The van der Waals surface area contributed by atoms with E-state index in [-0.39, 0.29) is 23.5 Å². The van der Waals surface area contributed by atoms with Crippen LogP contribution in [0, 0.1) is 0 Å². The Bertz CT molecular complexity index is 364. The first-order valence-corrected chi connectivity index (χ1v) is 4.56. The highest BCUT2D eigenvalue weighted by Gasteiger charge is 2.12. The molecule has 0 spiro atoms. The zero-order valence-electron chi connectivity index (χ0n) is 8.40. The highest BCUT2D eigenvalue weighted by molar-refractivity contribution is 5.98. The average Bonchev–Trinajstić information content (AvgIpc) is 2.18. The number of carbonyl (C=O) groups is 1. The quantitative estimate of drug-likeness (QED) is 0.420.